The van der Waals surface area contributed by atoms with Crippen molar-refractivity contribution < 1.29 is 24.9 Å². The lowest BCUT2D eigenvalue weighted by molar-refractivity contribution is -0.218. The Morgan fingerprint density at radius 2 is 1.62 bits per heavy atom. The molecule has 258 valence electrons. The van der Waals surface area contributed by atoms with Crippen molar-refractivity contribution in [1.82, 2.24) is 10.6 Å². The van der Waals surface area contributed by atoms with Crippen LogP contribution in [-0.4, -0.2) is 39.4 Å². The van der Waals surface area contributed by atoms with Gasteiger partial charge >= 0.3 is 12.0 Å². The number of amides is 2. The molecular formula is C40H58N2O5. The minimum absolute atomic E-state index is 0.0123. The number of allylic oxidation sites excluding steroid dienone is 3. The van der Waals surface area contributed by atoms with Gasteiger partial charge in [-0.05, 0) is 127 Å². The molecule has 0 aromatic heterocycles. The smallest absolute Gasteiger partial charge is 0.315 e. The Morgan fingerprint density at radius 1 is 0.915 bits per heavy atom. The first-order valence-electron chi connectivity index (χ1n) is 18.1. The average molecular weight is 647 g/mol. The predicted molar refractivity (Wildman–Crippen MR) is 185 cm³/mol. The van der Waals surface area contributed by atoms with Crippen LogP contribution in [0.3, 0.4) is 0 Å². The predicted octanol–water partition coefficient (Wildman–Crippen LogP) is 7.85. The zero-order valence-corrected chi connectivity index (χ0v) is 29.5. The van der Waals surface area contributed by atoms with Gasteiger partial charge < -0.3 is 26.0 Å². The number of aliphatic hydroxyl groups is 2. The van der Waals surface area contributed by atoms with Crippen LogP contribution in [0.2, 0.25) is 0 Å². The number of urea groups is 1. The summed E-state index contributed by atoms with van der Waals surface area (Å²) in [6.45, 7) is 19.5. The molecule has 0 bridgehead atoms. The van der Waals surface area contributed by atoms with Crippen molar-refractivity contribution >= 4 is 17.6 Å². The quantitative estimate of drug-likeness (QED) is 0.153. The third kappa shape index (κ3) is 5.21. The molecule has 1 aromatic carbocycles. The van der Waals surface area contributed by atoms with Crippen LogP contribution < -0.4 is 10.6 Å². The molecule has 4 fully saturated rings. The molecule has 1 aromatic rings. The molecule has 9 unspecified atom stereocenters. The first kappa shape index (κ1) is 34.2. The van der Waals surface area contributed by atoms with Gasteiger partial charge in [0.15, 0.2) is 6.29 Å². The second-order valence-electron chi connectivity index (χ2n) is 17.4. The van der Waals surface area contributed by atoms with Crippen LogP contribution in [0.15, 0.2) is 42.5 Å². The van der Waals surface area contributed by atoms with E-state index in [1.54, 1.807) is 0 Å². The van der Waals surface area contributed by atoms with Crippen molar-refractivity contribution in [3.63, 3.8) is 0 Å². The summed E-state index contributed by atoms with van der Waals surface area (Å²) in [5.74, 6) is 1.44. The van der Waals surface area contributed by atoms with Gasteiger partial charge in [0.25, 0.3) is 0 Å². The highest BCUT2D eigenvalue weighted by Crippen LogP contribution is 2.76. The Morgan fingerprint density at radius 3 is 2.26 bits per heavy atom. The Bertz CT molecular complexity index is 1450. The second-order valence-corrected chi connectivity index (χ2v) is 17.4. The number of carboxylic acids is 1. The molecule has 5 aliphatic rings. The number of aliphatic carboxylic acids is 1. The molecule has 47 heavy (non-hydrogen) atoms. The fraction of sp³-hybridized carbons (Fsp3) is 0.700. The number of carboxylic acid groups (broad SMARTS) is 1. The maximum atomic E-state index is 13.2. The molecule has 5 N–H and O–H groups in total. The standard InChI is InChI=1S/C40H58N2O5/c1-24(2)27-14-20-40(42-35(47)41-23-17-32(43)44)22-21-38(6)29(33(27)40)12-13-31-37(5)18-15-28(25-8-10-26(11-9-25)34(45)46)36(3,4)30(37)16-19-39(31,38)7/h8-11,15,27,29-31,33-34,45-46H,1,12-14,16-23H2,2-7H3,(H,43,44)(H2,41,42,47). The van der Waals surface area contributed by atoms with Gasteiger partial charge in [-0.25, -0.2) is 4.79 Å². The van der Waals surface area contributed by atoms with Gasteiger partial charge in [-0.3, -0.25) is 4.79 Å². The van der Waals surface area contributed by atoms with E-state index in [0.29, 0.717) is 35.2 Å². The monoisotopic (exact) mass is 646 g/mol. The van der Waals surface area contributed by atoms with Gasteiger partial charge in [0.2, 0.25) is 0 Å². The van der Waals surface area contributed by atoms with E-state index in [-0.39, 0.29) is 46.2 Å². The molecule has 0 radical (unpaired) electrons. The Kier molecular flexibility index (Phi) is 8.56. The summed E-state index contributed by atoms with van der Waals surface area (Å²) in [6.07, 6.45) is 10.8. The van der Waals surface area contributed by atoms with Crippen LogP contribution in [0.4, 0.5) is 4.79 Å². The number of rotatable bonds is 7. The van der Waals surface area contributed by atoms with Gasteiger partial charge in [0.05, 0.1) is 6.42 Å². The number of fused-ring (bicyclic) bond motifs is 7. The van der Waals surface area contributed by atoms with E-state index in [1.807, 2.05) is 12.1 Å². The molecule has 5 aliphatic carbocycles. The summed E-state index contributed by atoms with van der Waals surface area (Å²) < 4.78 is 0. The second kappa shape index (κ2) is 11.8. The zero-order valence-electron chi connectivity index (χ0n) is 29.5. The van der Waals surface area contributed by atoms with Crippen molar-refractivity contribution in [2.75, 3.05) is 6.54 Å². The molecule has 9 atom stereocenters. The summed E-state index contributed by atoms with van der Waals surface area (Å²) in [4.78, 5) is 24.3. The van der Waals surface area contributed by atoms with Gasteiger partial charge in [-0.15, -0.1) is 0 Å². The fourth-order valence-corrected chi connectivity index (χ4v) is 12.9. The van der Waals surface area contributed by atoms with Crippen molar-refractivity contribution in [2.45, 2.75) is 118 Å². The molecule has 0 aliphatic heterocycles. The van der Waals surface area contributed by atoms with E-state index < -0.39 is 12.3 Å². The van der Waals surface area contributed by atoms with Crippen molar-refractivity contribution in [1.29, 1.82) is 0 Å². The van der Waals surface area contributed by atoms with Crippen LogP contribution in [0.1, 0.15) is 123 Å². The highest BCUT2D eigenvalue weighted by molar-refractivity contribution is 5.76. The zero-order chi connectivity index (χ0) is 34.2. The SMILES string of the molecule is C=C(C)C1CCC2(NC(=O)NCCC(=O)O)CCC3(C)C(CCC4C5(C)CC=C(c6ccc(C(O)O)cc6)C(C)(C)C5CCC43C)C12. The lowest BCUT2D eigenvalue weighted by Crippen LogP contribution is -2.68. The van der Waals surface area contributed by atoms with Crippen LogP contribution >= 0.6 is 0 Å². The first-order chi connectivity index (χ1) is 22.0. The first-order valence-corrected chi connectivity index (χ1v) is 18.1. The van der Waals surface area contributed by atoms with E-state index in [2.05, 4.69) is 77.0 Å². The van der Waals surface area contributed by atoms with Gasteiger partial charge in [0, 0.05) is 17.6 Å². The molecule has 7 nitrogen and oxygen atoms in total. The normalized spacial score (nSPS) is 40.3. The minimum Gasteiger partial charge on any atom is -0.481 e. The number of hydrogen-bond donors (Lipinski definition) is 5. The van der Waals surface area contributed by atoms with E-state index in [0.717, 1.165) is 32.1 Å². The van der Waals surface area contributed by atoms with E-state index in [4.69, 9.17) is 5.11 Å². The van der Waals surface area contributed by atoms with Crippen molar-refractivity contribution in [3.05, 3.63) is 53.6 Å². The Balaban J connectivity index is 1.30. The maximum absolute atomic E-state index is 13.2. The summed E-state index contributed by atoms with van der Waals surface area (Å²) in [7, 11) is 0. The van der Waals surface area contributed by atoms with Crippen molar-refractivity contribution in [2.24, 2.45) is 51.2 Å². The summed E-state index contributed by atoms with van der Waals surface area (Å²) in [5.41, 5.74) is 4.52. The molecule has 6 rings (SSSR count). The fourth-order valence-electron chi connectivity index (χ4n) is 12.9. The lowest BCUT2D eigenvalue weighted by Gasteiger charge is -2.72. The summed E-state index contributed by atoms with van der Waals surface area (Å²) in [5, 5.41) is 34.7. The van der Waals surface area contributed by atoms with E-state index in [1.165, 1.54) is 42.4 Å². The molecule has 0 heterocycles. The molecule has 0 spiro atoms. The van der Waals surface area contributed by atoms with Crippen LogP contribution in [0.5, 0.6) is 0 Å². The minimum atomic E-state index is -1.45. The topological polar surface area (TPSA) is 119 Å². The van der Waals surface area contributed by atoms with Gasteiger partial charge in [-0.1, -0.05) is 77.1 Å². The highest BCUT2D eigenvalue weighted by atomic mass is 16.5. The number of nitrogens with one attached hydrogen (secondary N) is 2. The molecule has 2 amide bonds. The largest absolute Gasteiger partial charge is 0.481 e. The summed E-state index contributed by atoms with van der Waals surface area (Å²) in [6, 6.07) is 7.55. The number of hydrogen-bond acceptors (Lipinski definition) is 4. The molecule has 7 heteroatoms. The average Bonchev–Trinajstić information content (AvgIpc) is 3.36. The lowest BCUT2D eigenvalue weighted by atomic mass is 9.33. The number of aliphatic hydroxyl groups excluding tert-OH is 1. The van der Waals surface area contributed by atoms with Crippen LogP contribution in [0, 0.1) is 51.2 Å². The number of carbonyl (C=O) groups is 2. The van der Waals surface area contributed by atoms with Gasteiger partial charge in [0.1, 0.15) is 0 Å². The Hall–Kier alpha value is -2.64. The maximum Gasteiger partial charge on any atom is 0.315 e. The third-order valence-corrected chi connectivity index (χ3v) is 15.2. The van der Waals surface area contributed by atoms with E-state index in [9.17, 15) is 19.8 Å². The Labute approximate surface area is 281 Å². The third-order valence-electron chi connectivity index (χ3n) is 15.2. The van der Waals surface area contributed by atoms with Gasteiger partial charge in [-0.2, -0.15) is 0 Å². The van der Waals surface area contributed by atoms with E-state index >= 15 is 0 Å². The van der Waals surface area contributed by atoms with Crippen LogP contribution in [-0.2, 0) is 4.79 Å². The van der Waals surface area contributed by atoms with Crippen molar-refractivity contribution in [3.8, 4) is 0 Å². The number of carbonyl (C=O) groups excluding carboxylic acids is 1. The molecule has 4 saturated carbocycles. The molecular weight excluding hydrogens is 588 g/mol. The number of benzene rings is 1. The highest BCUT2D eigenvalue weighted by Gasteiger charge is 2.70. The molecule has 0 saturated heterocycles. The van der Waals surface area contributed by atoms with Crippen LogP contribution in [0.25, 0.3) is 5.57 Å². The summed E-state index contributed by atoms with van der Waals surface area (Å²) >= 11 is 0.